The van der Waals surface area contributed by atoms with Gasteiger partial charge in [0.2, 0.25) is 10.0 Å². The van der Waals surface area contributed by atoms with Crippen LogP contribution < -0.4 is 14.9 Å². The van der Waals surface area contributed by atoms with Crippen LogP contribution in [0.5, 0.6) is 11.5 Å². The van der Waals surface area contributed by atoms with Crippen LogP contribution in [-0.4, -0.2) is 52.7 Å². The average Bonchev–Trinajstić information content (AvgIpc) is 2.68. The average molecular weight is 470 g/mol. The number of nitrogens with one attached hydrogen (secondary N) is 1. The number of methoxy groups -OCH3 is 2. The Morgan fingerprint density at radius 1 is 1.18 bits per heavy atom. The second kappa shape index (κ2) is 9.67. The standard InChI is InChI=1S/C18H20BrN3O5S/c1-22(12-18(23)21-20-11-13-4-6-14(19)7-5-13)28(24,25)17-10-15(26-2)8-9-16(17)27-3/h4-11H,12H2,1-3H3,(H,21,23). The van der Waals surface area contributed by atoms with Gasteiger partial charge in [-0.1, -0.05) is 28.1 Å². The van der Waals surface area contributed by atoms with Crippen molar-refractivity contribution >= 4 is 38.1 Å². The van der Waals surface area contributed by atoms with E-state index in [1.807, 2.05) is 24.3 Å². The van der Waals surface area contributed by atoms with Crippen LogP contribution in [0, 0.1) is 0 Å². The molecule has 0 bridgehead atoms. The Morgan fingerprint density at radius 3 is 2.46 bits per heavy atom. The van der Waals surface area contributed by atoms with Gasteiger partial charge in [-0.05, 0) is 29.8 Å². The Kier molecular flexibility index (Phi) is 7.55. The summed E-state index contributed by atoms with van der Waals surface area (Å²) in [5.41, 5.74) is 3.09. The molecule has 2 aromatic carbocycles. The van der Waals surface area contributed by atoms with Crippen molar-refractivity contribution < 1.29 is 22.7 Å². The maximum absolute atomic E-state index is 12.8. The van der Waals surface area contributed by atoms with Crippen LogP contribution in [0.2, 0.25) is 0 Å². The molecule has 2 aromatic rings. The third-order valence-corrected chi connectivity index (χ3v) is 6.05. The van der Waals surface area contributed by atoms with Crippen LogP contribution in [-0.2, 0) is 14.8 Å². The number of amides is 1. The molecule has 0 aliphatic rings. The zero-order chi connectivity index (χ0) is 20.7. The van der Waals surface area contributed by atoms with Crippen LogP contribution in [0.4, 0.5) is 0 Å². The molecule has 0 heterocycles. The summed E-state index contributed by atoms with van der Waals surface area (Å²) in [5, 5.41) is 3.83. The van der Waals surface area contributed by atoms with Gasteiger partial charge in [0.15, 0.2) is 0 Å². The lowest BCUT2D eigenvalue weighted by molar-refractivity contribution is -0.121. The second-order valence-corrected chi connectivity index (χ2v) is 8.55. The van der Waals surface area contributed by atoms with Gasteiger partial charge in [0.05, 0.1) is 27.0 Å². The quantitative estimate of drug-likeness (QED) is 0.472. The number of hydrogen-bond acceptors (Lipinski definition) is 6. The van der Waals surface area contributed by atoms with Crippen LogP contribution in [0.1, 0.15) is 5.56 Å². The molecule has 10 heteroatoms. The van der Waals surface area contributed by atoms with Crippen molar-refractivity contribution in [2.24, 2.45) is 5.10 Å². The molecule has 0 aliphatic heterocycles. The lowest BCUT2D eigenvalue weighted by Gasteiger charge is -2.18. The lowest BCUT2D eigenvalue weighted by atomic mass is 10.2. The minimum Gasteiger partial charge on any atom is -0.497 e. The number of likely N-dealkylation sites (N-methyl/N-ethyl adjacent to an activating group) is 1. The van der Waals surface area contributed by atoms with Crippen LogP contribution >= 0.6 is 15.9 Å². The molecule has 0 spiro atoms. The molecule has 0 unspecified atom stereocenters. The number of hydrazone groups is 1. The van der Waals surface area contributed by atoms with E-state index in [2.05, 4.69) is 26.5 Å². The zero-order valence-electron chi connectivity index (χ0n) is 15.5. The van der Waals surface area contributed by atoms with Gasteiger partial charge in [0.25, 0.3) is 5.91 Å². The first-order chi connectivity index (χ1) is 13.3. The number of nitrogens with zero attached hydrogens (tertiary/aromatic N) is 2. The number of hydrogen-bond donors (Lipinski definition) is 1. The van der Waals surface area contributed by atoms with E-state index in [4.69, 9.17) is 9.47 Å². The molecule has 8 nitrogen and oxygen atoms in total. The fraction of sp³-hybridized carbons (Fsp3) is 0.222. The van der Waals surface area contributed by atoms with Gasteiger partial charge < -0.3 is 9.47 Å². The van der Waals surface area contributed by atoms with Crippen LogP contribution in [0.15, 0.2) is 56.9 Å². The van der Waals surface area contributed by atoms with Crippen molar-refractivity contribution in [3.05, 3.63) is 52.5 Å². The predicted octanol–water partition coefficient (Wildman–Crippen LogP) is 2.24. The van der Waals surface area contributed by atoms with Gasteiger partial charge in [-0.3, -0.25) is 4.79 Å². The maximum Gasteiger partial charge on any atom is 0.255 e. The molecule has 0 saturated heterocycles. The first-order valence-electron chi connectivity index (χ1n) is 8.03. The van der Waals surface area contributed by atoms with Crippen molar-refractivity contribution in [2.75, 3.05) is 27.8 Å². The summed E-state index contributed by atoms with van der Waals surface area (Å²) in [7, 11) is 0.112. The van der Waals surface area contributed by atoms with Gasteiger partial charge >= 0.3 is 0 Å². The van der Waals surface area contributed by atoms with Crippen molar-refractivity contribution in [1.82, 2.24) is 9.73 Å². The van der Waals surface area contributed by atoms with Crippen molar-refractivity contribution in [3.63, 3.8) is 0 Å². The van der Waals surface area contributed by atoms with Crippen LogP contribution in [0.25, 0.3) is 0 Å². The Hall–Kier alpha value is -2.43. The molecule has 28 heavy (non-hydrogen) atoms. The molecule has 0 aromatic heterocycles. The summed E-state index contributed by atoms with van der Waals surface area (Å²) >= 11 is 3.33. The number of halogens is 1. The molecule has 0 radical (unpaired) electrons. The first kappa shape index (κ1) is 21.9. The fourth-order valence-electron chi connectivity index (χ4n) is 2.20. The van der Waals surface area contributed by atoms with Gasteiger partial charge in [0.1, 0.15) is 16.4 Å². The van der Waals surface area contributed by atoms with E-state index in [0.717, 1.165) is 14.3 Å². The highest BCUT2D eigenvalue weighted by Crippen LogP contribution is 2.30. The van der Waals surface area contributed by atoms with Gasteiger partial charge in [-0.25, -0.2) is 13.8 Å². The lowest BCUT2D eigenvalue weighted by Crippen LogP contribution is -2.36. The Balaban J connectivity index is 2.07. The predicted molar refractivity (Wildman–Crippen MR) is 109 cm³/mol. The fourth-order valence-corrected chi connectivity index (χ4v) is 3.76. The smallest absolute Gasteiger partial charge is 0.255 e. The van der Waals surface area contributed by atoms with Crippen molar-refractivity contribution in [1.29, 1.82) is 0 Å². The second-order valence-electron chi connectivity index (χ2n) is 5.62. The molecular formula is C18H20BrN3O5S. The summed E-state index contributed by atoms with van der Waals surface area (Å²) in [5.74, 6) is -0.0704. The molecule has 0 saturated carbocycles. The van der Waals surface area contributed by atoms with Gasteiger partial charge in [-0.2, -0.15) is 9.41 Å². The number of carbonyl (C=O) groups excluding carboxylic acids is 1. The summed E-state index contributed by atoms with van der Waals surface area (Å²) in [4.78, 5) is 12.0. The van der Waals surface area contributed by atoms with Gasteiger partial charge in [0, 0.05) is 17.6 Å². The molecule has 1 amide bonds. The van der Waals surface area contributed by atoms with E-state index in [1.165, 1.54) is 39.6 Å². The summed E-state index contributed by atoms with van der Waals surface area (Å²) in [6.45, 7) is -0.416. The van der Waals surface area contributed by atoms with Crippen LogP contribution in [0.3, 0.4) is 0 Å². The van der Waals surface area contributed by atoms with Gasteiger partial charge in [-0.15, -0.1) is 0 Å². The summed E-state index contributed by atoms with van der Waals surface area (Å²) in [6, 6.07) is 11.7. The monoisotopic (exact) mass is 469 g/mol. The number of ether oxygens (including phenoxy) is 2. The number of sulfonamides is 1. The molecule has 2 rings (SSSR count). The number of carbonyl (C=O) groups is 1. The topological polar surface area (TPSA) is 97.3 Å². The molecule has 0 atom stereocenters. The molecule has 150 valence electrons. The number of rotatable bonds is 8. The highest BCUT2D eigenvalue weighted by molar-refractivity contribution is 9.10. The Bertz CT molecular complexity index is 962. The van der Waals surface area contributed by atoms with E-state index < -0.39 is 22.5 Å². The third-order valence-electron chi connectivity index (χ3n) is 3.70. The largest absolute Gasteiger partial charge is 0.497 e. The number of benzene rings is 2. The maximum atomic E-state index is 12.8. The van der Waals surface area contributed by atoms with E-state index in [0.29, 0.717) is 5.75 Å². The normalized spacial score (nSPS) is 11.6. The Labute approximate surface area is 172 Å². The van der Waals surface area contributed by atoms with E-state index in [1.54, 1.807) is 6.07 Å². The SMILES string of the molecule is COc1ccc(OC)c(S(=O)(=O)N(C)CC(=O)NN=Cc2ccc(Br)cc2)c1. The molecular weight excluding hydrogens is 450 g/mol. The first-order valence-corrected chi connectivity index (χ1v) is 10.3. The Morgan fingerprint density at radius 2 is 1.86 bits per heavy atom. The van der Waals surface area contributed by atoms with Crippen molar-refractivity contribution in [2.45, 2.75) is 4.90 Å². The minimum atomic E-state index is -3.98. The molecule has 0 fully saturated rings. The van der Waals surface area contributed by atoms with E-state index >= 15 is 0 Å². The zero-order valence-corrected chi connectivity index (χ0v) is 18.0. The molecule has 0 aliphatic carbocycles. The van der Waals surface area contributed by atoms with Crippen molar-refractivity contribution in [3.8, 4) is 11.5 Å². The highest BCUT2D eigenvalue weighted by atomic mass is 79.9. The minimum absolute atomic E-state index is 0.0944. The van der Waals surface area contributed by atoms with E-state index in [-0.39, 0.29) is 10.6 Å². The third kappa shape index (κ3) is 5.54. The van der Waals surface area contributed by atoms with E-state index in [9.17, 15) is 13.2 Å². The summed E-state index contributed by atoms with van der Waals surface area (Å²) in [6.07, 6.45) is 1.46. The summed E-state index contributed by atoms with van der Waals surface area (Å²) < 4.78 is 37.6. The highest BCUT2D eigenvalue weighted by Gasteiger charge is 2.27. The molecule has 1 N–H and O–H groups in total.